The molecule has 3 aromatic carbocycles. The fraction of sp³-hybridized carbons (Fsp3) is 0.111. The Morgan fingerprint density at radius 1 is 0.848 bits per heavy atom. The van der Waals surface area contributed by atoms with Crippen molar-refractivity contribution in [2.24, 2.45) is 4.99 Å². The van der Waals surface area contributed by atoms with Crippen LogP contribution in [0.4, 0.5) is 11.4 Å². The maximum absolute atomic E-state index is 13.1. The number of aliphatic imine (C=N–C) groups is 1. The molecule has 6 heteroatoms. The van der Waals surface area contributed by atoms with E-state index in [1.165, 1.54) is 16.7 Å². The van der Waals surface area contributed by atoms with E-state index in [4.69, 9.17) is 4.99 Å². The number of para-hydroxylation sites is 1. The minimum absolute atomic E-state index is 0.00470. The molecule has 0 aromatic heterocycles. The van der Waals surface area contributed by atoms with Gasteiger partial charge in [-0.25, -0.2) is 4.99 Å². The summed E-state index contributed by atoms with van der Waals surface area (Å²) in [6.07, 6.45) is 4.18. The van der Waals surface area contributed by atoms with Crippen molar-refractivity contribution in [1.29, 1.82) is 0 Å². The van der Waals surface area contributed by atoms with Crippen LogP contribution in [0.5, 0.6) is 0 Å². The Bertz CT molecular complexity index is 1280. The first-order chi connectivity index (χ1) is 16.1. The van der Waals surface area contributed by atoms with Crippen LogP contribution in [0.2, 0.25) is 0 Å². The number of thioether (sulfide) groups is 2. The van der Waals surface area contributed by atoms with Crippen LogP contribution in [0.3, 0.4) is 0 Å². The molecular formula is C27H23N3OS2. The van der Waals surface area contributed by atoms with Gasteiger partial charge in [-0.2, -0.15) is 0 Å². The molecule has 0 spiro atoms. The summed E-state index contributed by atoms with van der Waals surface area (Å²) in [5, 5.41) is 1.69. The topological polar surface area (TPSA) is 35.9 Å². The van der Waals surface area contributed by atoms with Gasteiger partial charge in [0.25, 0.3) is 5.91 Å². The lowest BCUT2D eigenvalue weighted by Gasteiger charge is -2.18. The lowest BCUT2D eigenvalue weighted by molar-refractivity contribution is -0.121. The second kappa shape index (κ2) is 9.33. The van der Waals surface area contributed by atoms with E-state index in [0.717, 1.165) is 39.0 Å². The number of rotatable bonds is 4. The molecule has 0 radical (unpaired) electrons. The number of carbonyl (C=O) groups is 1. The van der Waals surface area contributed by atoms with Crippen molar-refractivity contribution in [3.8, 4) is 0 Å². The van der Waals surface area contributed by atoms with Gasteiger partial charge in [0, 0.05) is 18.5 Å². The van der Waals surface area contributed by atoms with Crippen LogP contribution in [-0.4, -0.2) is 29.6 Å². The molecule has 0 atom stereocenters. The minimum Gasteiger partial charge on any atom is -0.334 e. The highest BCUT2D eigenvalue weighted by Crippen LogP contribution is 2.50. The van der Waals surface area contributed by atoms with E-state index in [1.54, 1.807) is 23.7 Å². The lowest BCUT2D eigenvalue weighted by Crippen LogP contribution is -2.25. The summed E-state index contributed by atoms with van der Waals surface area (Å²) >= 11 is 3.11. The van der Waals surface area contributed by atoms with Crippen LogP contribution in [0.25, 0.3) is 12.2 Å². The summed E-state index contributed by atoms with van der Waals surface area (Å²) in [6, 6.07) is 26.6. The maximum Gasteiger partial charge on any atom is 0.269 e. The number of hydrogen-bond donors (Lipinski definition) is 0. The molecule has 2 heterocycles. The smallest absolute Gasteiger partial charge is 0.269 e. The Labute approximate surface area is 202 Å². The largest absolute Gasteiger partial charge is 0.334 e. The molecule has 0 N–H and O–H groups in total. The molecule has 0 bridgehead atoms. The van der Waals surface area contributed by atoms with Gasteiger partial charge in [0.2, 0.25) is 0 Å². The van der Waals surface area contributed by atoms with Gasteiger partial charge in [-0.15, -0.1) is 0 Å². The van der Waals surface area contributed by atoms with Gasteiger partial charge in [-0.3, -0.25) is 9.69 Å². The zero-order valence-corrected chi connectivity index (χ0v) is 20.1. The zero-order valence-electron chi connectivity index (χ0n) is 18.4. The molecule has 3 aromatic rings. The Morgan fingerprint density at radius 3 is 2.24 bits per heavy atom. The van der Waals surface area contributed by atoms with Crippen LogP contribution >= 0.6 is 23.5 Å². The average molecular weight is 470 g/mol. The van der Waals surface area contributed by atoms with E-state index in [-0.39, 0.29) is 5.91 Å². The highest BCUT2D eigenvalue weighted by molar-refractivity contribution is 8.19. The Balaban J connectivity index is 1.37. The fourth-order valence-electron chi connectivity index (χ4n) is 3.72. The molecule has 0 aliphatic carbocycles. The summed E-state index contributed by atoms with van der Waals surface area (Å²) < 4.78 is 0. The number of anilines is 1. The molecule has 2 aliphatic rings. The second-order valence-electron chi connectivity index (χ2n) is 7.64. The summed E-state index contributed by atoms with van der Waals surface area (Å²) in [4.78, 5) is 23.6. The normalized spacial score (nSPS) is 19.2. The van der Waals surface area contributed by atoms with E-state index in [2.05, 4.69) is 48.2 Å². The third kappa shape index (κ3) is 4.36. The number of fused-ring (bicyclic) bond motifs is 1. The number of nitrogens with zero attached hydrogens (tertiary/aromatic N) is 3. The monoisotopic (exact) mass is 469 g/mol. The second-order valence-corrected chi connectivity index (χ2v) is 9.65. The lowest BCUT2D eigenvalue weighted by atomic mass is 10.1. The summed E-state index contributed by atoms with van der Waals surface area (Å²) in [7, 11) is 1.79. The standard InChI is InChI=1S/C27H23N3OS2/c1-3-30-22-11-7-8-12-23(22)32-26(30)24-25(31)29(2)27(33-24)28-21-17-15-20(16-18-21)14-13-19-9-5-4-6-10-19/h4-18H,3H2,1-2H3/b14-13+,26-24?,28-27?. The predicted molar refractivity (Wildman–Crippen MR) is 142 cm³/mol. The first-order valence-corrected chi connectivity index (χ1v) is 12.4. The highest BCUT2D eigenvalue weighted by Gasteiger charge is 2.37. The molecule has 1 saturated heterocycles. The van der Waals surface area contributed by atoms with Crippen molar-refractivity contribution in [2.75, 3.05) is 18.5 Å². The van der Waals surface area contributed by atoms with E-state index >= 15 is 0 Å². The summed E-state index contributed by atoms with van der Waals surface area (Å²) in [5.74, 6) is -0.00470. The van der Waals surface area contributed by atoms with Crippen molar-refractivity contribution in [2.45, 2.75) is 11.8 Å². The molecule has 164 valence electrons. The van der Waals surface area contributed by atoms with Crippen LogP contribution in [0.15, 0.2) is 98.7 Å². The highest BCUT2D eigenvalue weighted by atomic mass is 32.2. The van der Waals surface area contributed by atoms with Crippen molar-refractivity contribution < 1.29 is 4.79 Å². The quantitative estimate of drug-likeness (QED) is 0.309. The average Bonchev–Trinajstić information content (AvgIpc) is 3.36. The molecular weight excluding hydrogens is 446 g/mol. The summed E-state index contributed by atoms with van der Waals surface area (Å²) in [6.45, 7) is 2.92. The molecule has 33 heavy (non-hydrogen) atoms. The van der Waals surface area contributed by atoms with E-state index < -0.39 is 0 Å². The van der Waals surface area contributed by atoms with Gasteiger partial charge in [0.15, 0.2) is 5.17 Å². The first-order valence-electron chi connectivity index (χ1n) is 10.8. The van der Waals surface area contributed by atoms with Gasteiger partial charge in [-0.05, 0) is 54.1 Å². The molecule has 5 rings (SSSR count). The van der Waals surface area contributed by atoms with Crippen LogP contribution in [0, 0.1) is 0 Å². The zero-order chi connectivity index (χ0) is 22.8. The van der Waals surface area contributed by atoms with Crippen LogP contribution in [-0.2, 0) is 4.79 Å². The number of amides is 1. The molecule has 1 amide bonds. The van der Waals surface area contributed by atoms with Crippen LogP contribution in [0.1, 0.15) is 18.1 Å². The molecule has 0 saturated carbocycles. The van der Waals surface area contributed by atoms with E-state index in [1.807, 2.05) is 54.6 Å². The number of carbonyl (C=O) groups excluding carboxylic acids is 1. The Hall–Kier alpha value is -3.22. The van der Waals surface area contributed by atoms with Gasteiger partial charge in [-0.1, -0.05) is 78.5 Å². The van der Waals surface area contributed by atoms with Crippen molar-refractivity contribution >= 4 is 58.1 Å². The van der Waals surface area contributed by atoms with E-state index in [9.17, 15) is 4.79 Å². The third-order valence-electron chi connectivity index (χ3n) is 5.48. The number of benzene rings is 3. The van der Waals surface area contributed by atoms with Gasteiger partial charge >= 0.3 is 0 Å². The van der Waals surface area contributed by atoms with E-state index in [0.29, 0.717) is 5.17 Å². The van der Waals surface area contributed by atoms with Gasteiger partial charge < -0.3 is 4.90 Å². The van der Waals surface area contributed by atoms with Crippen molar-refractivity contribution in [3.63, 3.8) is 0 Å². The summed E-state index contributed by atoms with van der Waals surface area (Å²) in [5.41, 5.74) is 4.26. The van der Waals surface area contributed by atoms with Gasteiger partial charge in [0.05, 0.1) is 11.4 Å². The maximum atomic E-state index is 13.1. The number of amidine groups is 1. The van der Waals surface area contributed by atoms with Crippen molar-refractivity contribution in [1.82, 2.24) is 4.90 Å². The Morgan fingerprint density at radius 2 is 1.52 bits per heavy atom. The molecule has 2 aliphatic heterocycles. The number of hydrogen-bond acceptors (Lipinski definition) is 5. The molecule has 1 fully saturated rings. The van der Waals surface area contributed by atoms with Crippen LogP contribution < -0.4 is 4.90 Å². The third-order valence-corrected chi connectivity index (χ3v) is 7.92. The number of likely N-dealkylation sites (N-methyl/N-ethyl adjacent to an activating group) is 1. The SMILES string of the molecule is CCN1C(=C2SC(=Nc3ccc(/C=C/c4ccccc4)cc3)N(C)C2=O)Sc2ccccc21. The molecule has 0 unspecified atom stereocenters. The Kier molecular flexibility index (Phi) is 6.11. The van der Waals surface area contributed by atoms with Crippen molar-refractivity contribution in [3.05, 3.63) is 99.9 Å². The van der Waals surface area contributed by atoms with Gasteiger partial charge in [0.1, 0.15) is 9.93 Å². The predicted octanol–water partition coefficient (Wildman–Crippen LogP) is 6.85. The first kappa shape index (κ1) is 21.6. The molecule has 4 nitrogen and oxygen atoms in total. The fourth-order valence-corrected chi connectivity index (χ4v) is 6.10. The minimum atomic E-state index is -0.00470.